The Morgan fingerprint density at radius 1 is 1.38 bits per heavy atom. The molecule has 1 fully saturated rings. The van der Waals surface area contributed by atoms with Crippen molar-refractivity contribution in [2.24, 2.45) is 5.92 Å². The summed E-state index contributed by atoms with van der Waals surface area (Å²) in [5.41, 5.74) is -1.31. The molecule has 8 heteroatoms. The Bertz CT molecular complexity index is 652. The SMILES string of the molecule is N#CCC1CC(=O)N(c2cc(C(F)(F)F)ccc2Cl)C1=O. The van der Waals surface area contributed by atoms with E-state index in [-0.39, 0.29) is 23.6 Å². The van der Waals surface area contributed by atoms with Crippen molar-refractivity contribution in [1.29, 1.82) is 5.26 Å². The molecule has 1 aromatic carbocycles. The van der Waals surface area contributed by atoms with E-state index in [4.69, 9.17) is 16.9 Å². The van der Waals surface area contributed by atoms with E-state index in [1.54, 1.807) is 6.07 Å². The van der Waals surface area contributed by atoms with Crippen LogP contribution < -0.4 is 4.90 Å². The third kappa shape index (κ3) is 2.85. The second-order valence-electron chi connectivity index (χ2n) is 4.49. The summed E-state index contributed by atoms with van der Waals surface area (Å²) in [5.74, 6) is -2.21. The molecular weight excluding hydrogens is 309 g/mol. The predicted octanol–water partition coefficient (Wildman–Crippen LogP) is 3.15. The summed E-state index contributed by atoms with van der Waals surface area (Å²) in [6.45, 7) is 0. The van der Waals surface area contributed by atoms with Gasteiger partial charge in [-0.15, -0.1) is 0 Å². The number of nitriles is 1. The number of carbonyl (C=O) groups is 2. The number of amides is 2. The average Bonchev–Trinajstić information content (AvgIpc) is 2.65. The molecule has 1 aromatic rings. The number of benzene rings is 1. The van der Waals surface area contributed by atoms with Gasteiger partial charge in [0.2, 0.25) is 11.8 Å². The lowest BCUT2D eigenvalue weighted by molar-refractivity contribution is -0.137. The van der Waals surface area contributed by atoms with Crippen molar-refractivity contribution < 1.29 is 22.8 Å². The molecule has 0 N–H and O–H groups in total. The summed E-state index contributed by atoms with van der Waals surface area (Å²) in [4.78, 5) is 24.5. The normalized spacial score (nSPS) is 19.0. The molecule has 1 saturated heterocycles. The molecule has 0 radical (unpaired) electrons. The molecule has 4 nitrogen and oxygen atoms in total. The number of halogens is 4. The lowest BCUT2D eigenvalue weighted by Crippen LogP contribution is -2.31. The third-order valence-electron chi connectivity index (χ3n) is 3.09. The highest BCUT2D eigenvalue weighted by Gasteiger charge is 2.41. The van der Waals surface area contributed by atoms with Gasteiger partial charge >= 0.3 is 6.18 Å². The molecular formula is C13H8ClF3N2O2. The quantitative estimate of drug-likeness (QED) is 0.787. The highest BCUT2D eigenvalue weighted by molar-refractivity contribution is 6.35. The Hall–Kier alpha value is -2.07. The number of imide groups is 1. The van der Waals surface area contributed by atoms with E-state index in [2.05, 4.69) is 0 Å². The molecule has 0 bridgehead atoms. The van der Waals surface area contributed by atoms with Gasteiger partial charge in [-0.05, 0) is 18.2 Å². The van der Waals surface area contributed by atoms with Gasteiger partial charge in [-0.2, -0.15) is 18.4 Å². The second-order valence-corrected chi connectivity index (χ2v) is 4.90. The van der Waals surface area contributed by atoms with Crippen LogP contribution in [0.5, 0.6) is 0 Å². The largest absolute Gasteiger partial charge is 0.416 e. The van der Waals surface area contributed by atoms with Crippen molar-refractivity contribution in [2.75, 3.05) is 4.90 Å². The van der Waals surface area contributed by atoms with Crippen molar-refractivity contribution in [3.05, 3.63) is 28.8 Å². The Labute approximate surface area is 122 Å². The minimum Gasteiger partial charge on any atom is -0.274 e. The summed E-state index contributed by atoms with van der Waals surface area (Å²) in [6.07, 6.45) is -4.99. The molecule has 1 atom stereocenters. The van der Waals surface area contributed by atoms with Crippen LogP contribution in [0.25, 0.3) is 0 Å². The van der Waals surface area contributed by atoms with Crippen LogP contribution in [0, 0.1) is 17.2 Å². The van der Waals surface area contributed by atoms with Gasteiger partial charge in [-0.1, -0.05) is 11.6 Å². The van der Waals surface area contributed by atoms with Crippen LogP contribution in [0.3, 0.4) is 0 Å². The lowest BCUT2D eigenvalue weighted by atomic mass is 10.1. The first-order valence-corrected chi connectivity index (χ1v) is 6.24. The van der Waals surface area contributed by atoms with Gasteiger partial charge in [0.25, 0.3) is 0 Å². The minimum atomic E-state index is -4.61. The van der Waals surface area contributed by atoms with Crippen molar-refractivity contribution in [3.8, 4) is 6.07 Å². The standard InChI is InChI=1S/C13H8ClF3N2O2/c14-9-2-1-8(13(15,16)17)6-10(9)19-11(20)5-7(3-4-18)12(19)21/h1-2,6-7H,3,5H2. The van der Waals surface area contributed by atoms with Gasteiger partial charge in [-0.3, -0.25) is 9.59 Å². The highest BCUT2D eigenvalue weighted by atomic mass is 35.5. The van der Waals surface area contributed by atoms with Crippen LogP contribution in [-0.2, 0) is 15.8 Å². The number of nitrogens with zero attached hydrogens (tertiary/aromatic N) is 2. The van der Waals surface area contributed by atoms with E-state index in [0.29, 0.717) is 11.0 Å². The van der Waals surface area contributed by atoms with Gasteiger partial charge in [-0.25, -0.2) is 4.90 Å². The Balaban J connectivity index is 2.45. The molecule has 2 amide bonds. The fraction of sp³-hybridized carbons (Fsp3) is 0.308. The van der Waals surface area contributed by atoms with Crippen molar-refractivity contribution in [2.45, 2.75) is 19.0 Å². The van der Waals surface area contributed by atoms with Crippen LogP contribution >= 0.6 is 11.6 Å². The Morgan fingerprint density at radius 2 is 2.05 bits per heavy atom. The molecule has 0 aromatic heterocycles. The van der Waals surface area contributed by atoms with E-state index < -0.39 is 29.5 Å². The maximum atomic E-state index is 12.7. The molecule has 1 heterocycles. The molecule has 0 saturated carbocycles. The lowest BCUT2D eigenvalue weighted by Gasteiger charge is -2.18. The summed E-state index contributed by atoms with van der Waals surface area (Å²) >= 11 is 5.80. The van der Waals surface area contributed by atoms with E-state index in [1.165, 1.54) is 0 Å². The molecule has 1 aliphatic rings. The van der Waals surface area contributed by atoms with Gasteiger partial charge in [0.15, 0.2) is 0 Å². The van der Waals surface area contributed by atoms with Crippen LogP contribution in [0.4, 0.5) is 18.9 Å². The number of anilines is 1. The first-order chi connectivity index (χ1) is 9.75. The fourth-order valence-electron chi connectivity index (χ4n) is 2.08. The van der Waals surface area contributed by atoms with Gasteiger partial charge in [0.1, 0.15) is 0 Å². The summed E-state index contributed by atoms with van der Waals surface area (Å²) in [7, 11) is 0. The summed E-state index contributed by atoms with van der Waals surface area (Å²) < 4.78 is 38.1. The maximum Gasteiger partial charge on any atom is 0.416 e. The number of alkyl halides is 3. The molecule has 1 aliphatic heterocycles. The Kier molecular flexibility index (Phi) is 3.92. The third-order valence-corrected chi connectivity index (χ3v) is 3.41. The van der Waals surface area contributed by atoms with E-state index in [1.807, 2.05) is 0 Å². The van der Waals surface area contributed by atoms with Gasteiger partial charge < -0.3 is 0 Å². The number of carbonyl (C=O) groups excluding carboxylic acids is 2. The number of hydrogen-bond acceptors (Lipinski definition) is 3. The smallest absolute Gasteiger partial charge is 0.274 e. The zero-order valence-corrected chi connectivity index (χ0v) is 11.2. The molecule has 21 heavy (non-hydrogen) atoms. The van der Waals surface area contributed by atoms with Crippen LogP contribution in [0.15, 0.2) is 18.2 Å². The van der Waals surface area contributed by atoms with Crippen molar-refractivity contribution in [3.63, 3.8) is 0 Å². The molecule has 1 unspecified atom stereocenters. The van der Waals surface area contributed by atoms with Gasteiger partial charge in [0, 0.05) is 12.8 Å². The zero-order chi connectivity index (χ0) is 15.8. The second kappa shape index (κ2) is 5.37. The van der Waals surface area contributed by atoms with Gasteiger partial charge in [0.05, 0.1) is 28.3 Å². The van der Waals surface area contributed by atoms with Crippen molar-refractivity contribution >= 4 is 29.1 Å². The summed E-state index contributed by atoms with van der Waals surface area (Å²) in [6, 6.07) is 4.18. The highest BCUT2D eigenvalue weighted by Crippen LogP contribution is 2.38. The first kappa shape index (κ1) is 15.3. The molecule has 2 rings (SSSR count). The van der Waals surface area contributed by atoms with Crippen molar-refractivity contribution in [1.82, 2.24) is 0 Å². The monoisotopic (exact) mass is 316 g/mol. The Morgan fingerprint density at radius 3 is 2.62 bits per heavy atom. The summed E-state index contributed by atoms with van der Waals surface area (Å²) in [5, 5.41) is 8.45. The molecule has 0 aliphatic carbocycles. The predicted molar refractivity (Wildman–Crippen MR) is 67.3 cm³/mol. The molecule has 0 spiro atoms. The minimum absolute atomic E-state index is 0.137. The molecule has 110 valence electrons. The van der Waals surface area contributed by atoms with E-state index in [9.17, 15) is 22.8 Å². The average molecular weight is 317 g/mol. The van der Waals surface area contributed by atoms with E-state index in [0.717, 1.165) is 12.1 Å². The zero-order valence-electron chi connectivity index (χ0n) is 10.4. The van der Waals surface area contributed by atoms with E-state index >= 15 is 0 Å². The number of rotatable bonds is 2. The number of hydrogen-bond donors (Lipinski definition) is 0. The fourth-order valence-corrected chi connectivity index (χ4v) is 2.28. The first-order valence-electron chi connectivity index (χ1n) is 5.86. The van der Waals surface area contributed by atoms with Crippen LogP contribution in [0.2, 0.25) is 5.02 Å². The maximum absolute atomic E-state index is 12.7. The topological polar surface area (TPSA) is 61.2 Å². The van der Waals surface area contributed by atoms with Crippen LogP contribution in [-0.4, -0.2) is 11.8 Å². The van der Waals surface area contributed by atoms with Crippen LogP contribution in [0.1, 0.15) is 18.4 Å².